The summed E-state index contributed by atoms with van der Waals surface area (Å²) in [5.41, 5.74) is 0.273. The molecule has 0 aliphatic heterocycles. The van der Waals surface area contributed by atoms with Crippen molar-refractivity contribution in [1.29, 1.82) is 0 Å². The molecule has 1 amide bonds. The number of nitrogens with zero attached hydrogens (tertiary/aromatic N) is 2. The standard InChI is InChI=1S/C16H20N2O3/c1-5-8-18-14(16(20)17(2)3)10-11-9-12(21-4)6-7-13(11)15(18)19/h6-7,9-10H,5,8H2,1-4H3. The normalized spacial score (nSPS) is 10.7. The van der Waals surface area contributed by atoms with E-state index < -0.39 is 0 Å². The molecule has 1 aromatic heterocycles. The summed E-state index contributed by atoms with van der Waals surface area (Å²) in [6.07, 6.45) is 0.787. The second-order valence-electron chi connectivity index (χ2n) is 5.14. The van der Waals surface area contributed by atoms with Gasteiger partial charge >= 0.3 is 0 Å². The minimum atomic E-state index is -0.176. The van der Waals surface area contributed by atoms with Crippen LogP contribution in [0.2, 0.25) is 0 Å². The Morgan fingerprint density at radius 2 is 2.00 bits per heavy atom. The second-order valence-corrected chi connectivity index (χ2v) is 5.14. The molecule has 2 rings (SSSR count). The molecule has 0 aliphatic carbocycles. The first-order valence-corrected chi connectivity index (χ1v) is 6.92. The maximum Gasteiger partial charge on any atom is 0.270 e. The van der Waals surface area contributed by atoms with Crippen LogP contribution in [-0.2, 0) is 6.54 Å². The third-order valence-electron chi connectivity index (χ3n) is 3.39. The molecule has 0 radical (unpaired) electrons. The number of fused-ring (bicyclic) bond motifs is 1. The Kier molecular flexibility index (Phi) is 4.31. The molecular weight excluding hydrogens is 268 g/mol. The van der Waals surface area contributed by atoms with Crippen LogP contribution in [0, 0.1) is 0 Å². The first-order valence-electron chi connectivity index (χ1n) is 6.92. The van der Waals surface area contributed by atoms with Crippen molar-refractivity contribution in [3.63, 3.8) is 0 Å². The molecule has 2 aromatic rings. The quantitative estimate of drug-likeness (QED) is 0.866. The predicted molar refractivity (Wildman–Crippen MR) is 83.1 cm³/mol. The van der Waals surface area contributed by atoms with Crippen molar-refractivity contribution >= 4 is 16.7 Å². The number of carbonyl (C=O) groups excluding carboxylic acids is 1. The molecule has 5 nitrogen and oxygen atoms in total. The third kappa shape index (κ3) is 2.77. The van der Waals surface area contributed by atoms with Crippen LogP contribution in [-0.4, -0.2) is 36.6 Å². The number of pyridine rings is 1. The van der Waals surface area contributed by atoms with E-state index in [0.717, 1.165) is 11.8 Å². The number of aromatic nitrogens is 1. The van der Waals surface area contributed by atoms with Crippen molar-refractivity contribution in [2.24, 2.45) is 0 Å². The van der Waals surface area contributed by atoms with Crippen molar-refractivity contribution in [3.05, 3.63) is 40.3 Å². The molecule has 0 fully saturated rings. The van der Waals surface area contributed by atoms with Gasteiger partial charge < -0.3 is 14.2 Å². The smallest absolute Gasteiger partial charge is 0.270 e. The number of amides is 1. The number of hydrogen-bond donors (Lipinski definition) is 0. The number of ether oxygens (including phenoxy) is 1. The highest BCUT2D eigenvalue weighted by molar-refractivity contribution is 5.96. The van der Waals surface area contributed by atoms with Crippen molar-refractivity contribution < 1.29 is 9.53 Å². The molecule has 0 N–H and O–H groups in total. The van der Waals surface area contributed by atoms with Gasteiger partial charge in [-0.05, 0) is 36.1 Å². The lowest BCUT2D eigenvalue weighted by Gasteiger charge is -2.17. The summed E-state index contributed by atoms with van der Waals surface area (Å²) in [6.45, 7) is 2.50. The lowest BCUT2D eigenvalue weighted by atomic mass is 10.1. The van der Waals surface area contributed by atoms with Crippen molar-refractivity contribution in [3.8, 4) is 5.75 Å². The van der Waals surface area contributed by atoms with Gasteiger partial charge in [-0.3, -0.25) is 9.59 Å². The van der Waals surface area contributed by atoms with Crippen LogP contribution in [0.3, 0.4) is 0 Å². The highest BCUT2D eigenvalue weighted by Gasteiger charge is 2.16. The maximum atomic E-state index is 12.6. The van der Waals surface area contributed by atoms with Crippen LogP contribution in [0.1, 0.15) is 23.8 Å². The summed E-state index contributed by atoms with van der Waals surface area (Å²) >= 11 is 0. The average Bonchev–Trinajstić information content (AvgIpc) is 2.48. The predicted octanol–water partition coefficient (Wildman–Crippen LogP) is 2.12. The summed E-state index contributed by atoms with van der Waals surface area (Å²) in [4.78, 5) is 26.4. The van der Waals surface area contributed by atoms with Gasteiger partial charge in [0.05, 0.1) is 7.11 Å². The van der Waals surface area contributed by atoms with Crippen LogP contribution in [0.4, 0.5) is 0 Å². The minimum Gasteiger partial charge on any atom is -0.497 e. The Hall–Kier alpha value is -2.30. The fourth-order valence-corrected chi connectivity index (χ4v) is 2.31. The molecule has 112 valence electrons. The summed E-state index contributed by atoms with van der Waals surface area (Å²) < 4.78 is 6.74. The zero-order valence-corrected chi connectivity index (χ0v) is 12.8. The van der Waals surface area contributed by atoms with E-state index in [4.69, 9.17) is 4.74 Å². The second kappa shape index (κ2) is 5.99. The average molecular weight is 288 g/mol. The van der Waals surface area contributed by atoms with Crippen LogP contribution >= 0.6 is 0 Å². The van der Waals surface area contributed by atoms with Gasteiger partial charge in [0.25, 0.3) is 11.5 Å². The molecule has 0 aliphatic rings. The lowest BCUT2D eigenvalue weighted by molar-refractivity contribution is 0.0815. The summed E-state index contributed by atoms with van der Waals surface area (Å²) in [5, 5.41) is 1.32. The van der Waals surface area contributed by atoms with Gasteiger partial charge in [-0.1, -0.05) is 6.92 Å². The van der Waals surface area contributed by atoms with E-state index in [9.17, 15) is 9.59 Å². The summed E-state index contributed by atoms with van der Waals surface area (Å²) in [5.74, 6) is 0.490. The van der Waals surface area contributed by atoms with Gasteiger partial charge in [0.1, 0.15) is 11.4 Å². The number of hydrogen-bond acceptors (Lipinski definition) is 3. The maximum absolute atomic E-state index is 12.6. The Morgan fingerprint density at radius 1 is 1.29 bits per heavy atom. The van der Waals surface area contributed by atoms with E-state index >= 15 is 0 Å². The zero-order valence-electron chi connectivity index (χ0n) is 12.8. The zero-order chi connectivity index (χ0) is 15.6. The Bertz CT molecular complexity index is 732. The van der Waals surface area contributed by atoms with E-state index in [0.29, 0.717) is 23.4 Å². The highest BCUT2D eigenvalue weighted by atomic mass is 16.5. The summed E-state index contributed by atoms with van der Waals surface area (Å²) in [7, 11) is 4.93. The van der Waals surface area contributed by atoms with Gasteiger partial charge in [0.2, 0.25) is 0 Å². The molecule has 1 heterocycles. The molecule has 0 spiro atoms. The van der Waals surface area contributed by atoms with Crippen LogP contribution in [0.5, 0.6) is 5.75 Å². The molecular formula is C16H20N2O3. The van der Waals surface area contributed by atoms with Crippen molar-refractivity contribution in [2.75, 3.05) is 21.2 Å². The van der Waals surface area contributed by atoms with Gasteiger partial charge in [0, 0.05) is 26.0 Å². The Labute approximate surface area is 123 Å². The molecule has 0 saturated carbocycles. The van der Waals surface area contributed by atoms with Crippen molar-refractivity contribution in [2.45, 2.75) is 19.9 Å². The van der Waals surface area contributed by atoms with Crippen LogP contribution in [0.15, 0.2) is 29.1 Å². The Morgan fingerprint density at radius 3 is 2.57 bits per heavy atom. The topological polar surface area (TPSA) is 51.5 Å². The summed E-state index contributed by atoms with van der Waals surface area (Å²) in [6, 6.07) is 7.04. The van der Waals surface area contributed by atoms with E-state index in [1.807, 2.05) is 6.92 Å². The van der Waals surface area contributed by atoms with E-state index in [1.54, 1.807) is 50.0 Å². The fraction of sp³-hybridized carbons (Fsp3) is 0.375. The van der Waals surface area contributed by atoms with E-state index in [-0.39, 0.29) is 11.5 Å². The lowest BCUT2D eigenvalue weighted by Crippen LogP contribution is -2.31. The first-order chi connectivity index (χ1) is 9.99. The molecule has 0 atom stereocenters. The van der Waals surface area contributed by atoms with Gasteiger partial charge in [-0.2, -0.15) is 0 Å². The number of carbonyl (C=O) groups is 1. The first kappa shape index (κ1) is 15.1. The van der Waals surface area contributed by atoms with E-state index in [1.165, 1.54) is 4.90 Å². The minimum absolute atomic E-state index is 0.137. The fourth-order valence-electron chi connectivity index (χ4n) is 2.31. The van der Waals surface area contributed by atoms with Crippen LogP contribution < -0.4 is 10.3 Å². The molecule has 0 unspecified atom stereocenters. The molecule has 0 saturated heterocycles. The van der Waals surface area contributed by atoms with Crippen molar-refractivity contribution in [1.82, 2.24) is 9.47 Å². The molecule has 5 heteroatoms. The van der Waals surface area contributed by atoms with Crippen LogP contribution in [0.25, 0.3) is 10.8 Å². The molecule has 1 aromatic carbocycles. The monoisotopic (exact) mass is 288 g/mol. The largest absolute Gasteiger partial charge is 0.497 e. The van der Waals surface area contributed by atoms with Gasteiger partial charge in [-0.15, -0.1) is 0 Å². The number of rotatable bonds is 4. The van der Waals surface area contributed by atoms with Gasteiger partial charge in [0.15, 0.2) is 0 Å². The SMILES string of the molecule is CCCn1c(C(=O)N(C)C)cc2cc(OC)ccc2c1=O. The molecule has 21 heavy (non-hydrogen) atoms. The van der Waals surface area contributed by atoms with Gasteiger partial charge in [-0.25, -0.2) is 0 Å². The Balaban J connectivity index is 2.78. The highest BCUT2D eigenvalue weighted by Crippen LogP contribution is 2.20. The molecule has 0 bridgehead atoms. The number of methoxy groups -OCH3 is 1. The third-order valence-corrected chi connectivity index (χ3v) is 3.39. The number of benzene rings is 1. The van der Waals surface area contributed by atoms with E-state index in [2.05, 4.69) is 0 Å².